The Bertz CT molecular complexity index is 431. The minimum atomic E-state index is -0.453. The molecule has 0 aromatic heterocycles. The molecular weight excluding hydrogens is 337 g/mol. The molecular formula is C13H16BrClFNO2. The number of carbonyl (C=O) groups excluding carboxylic acids is 1. The van der Waals surface area contributed by atoms with Crippen molar-refractivity contribution in [2.45, 2.75) is 6.92 Å². The molecule has 0 spiro atoms. The molecule has 1 amide bonds. The van der Waals surface area contributed by atoms with Gasteiger partial charge in [0.1, 0.15) is 5.82 Å². The standard InChI is InChI=1S/C13H16BrClFNO2/c1-2-17(6-8-19-7-5-14)13(18)11-4-3-10(16)9-12(11)15/h3-4,9H,2,5-8H2,1H3. The molecule has 1 aromatic rings. The Balaban J connectivity index is 2.67. The van der Waals surface area contributed by atoms with Crippen molar-refractivity contribution in [2.24, 2.45) is 0 Å². The molecule has 6 heteroatoms. The molecule has 106 valence electrons. The van der Waals surface area contributed by atoms with E-state index in [9.17, 15) is 9.18 Å². The first-order valence-corrected chi connectivity index (χ1v) is 7.48. The second-order valence-electron chi connectivity index (χ2n) is 3.81. The fourth-order valence-corrected chi connectivity index (χ4v) is 2.04. The predicted molar refractivity (Wildman–Crippen MR) is 77.6 cm³/mol. The van der Waals surface area contributed by atoms with Crippen LogP contribution in [-0.2, 0) is 4.74 Å². The number of nitrogens with zero attached hydrogens (tertiary/aromatic N) is 1. The van der Waals surface area contributed by atoms with Gasteiger partial charge in [0.05, 0.1) is 23.8 Å². The number of halogens is 3. The fraction of sp³-hybridized carbons (Fsp3) is 0.462. The first-order valence-electron chi connectivity index (χ1n) is 5.98. The molecule has 1 rings (SSSR count). The van der Waals surface area contributed by atoms with Crippen LogP contribution in [-0.4, -0.2) is 42.4 Å². The summed E-state index contributed by atoms with van der Waals surface area (Å²) in [5, 5.41) is 0.890. The Hall–Kier alpha value is -0.650. The van der Waals surface area contributed by atoms with Crippen LogP contribution in [0.4, 0.5) is 4.39 Å². The third kappa shape index (κ3) is 5.09. The van der Waals surface area contributed by atoms with E-state index in [4.69, 9.17) is 16.3 Å². The maximum Gasteiger partial charge on any atom is 0.255 e. The average Bonchev–Trinajstić information content (AvgIpc) is 2.38. The Morgan fingerprint density at radius 3 is 2.79 bits per heavy atom. The Morgan fingerprint density at radius 2 is 2.21 bits per heavy atom. The van der Waals surface area contributed by atoms with Crippen LogP contribution in [0.2, 0.25) is 5.02 Å². The molecule has 3 nitrogen and oxygen atoms in total. The summed E-state index contributed by atoms with van der Waals surface area (Å²) in [5.41, 5.74) is 0.311. The van der Waals surface area contributed by atoms with Gasteiger partial charge in [0.15, 0.2) is 0 Å². The van der Waals surface area contributed by atoms with Crippen LogP contribution in [0.15, 0.2) is 18.2 Å². The van der Waals surface area contributed by atoms with E-state index < -0.39 is 5.82 Å². The lowest BCUT2D eigenvalue weighted by Crippen LogP contribution is -2.34. The van der Waals surface area contributed by atoms with E-state index in [1.165, 1.54) is 12.1 Å². The monoisotopic (exact) mass is 351 g/mol. The zero-order valence-corrected chi connectivity index (χ0v) is 13.0. The number of alkyl halides is 1. The van der Waals surface area contributed by atoms with E-state index in [2.05, 4.69) is 15.9 Å². The van der Waals surface area contributed by atoms with E-state index in [0.29, 0.717) is 31.9 Å². The molecule has 0 saturated carbocycles. The molecule has 0 aliphatic heterocycles. The van der Waals surface area contributed by atoms with Gasteiger partial charge in [-0.2, -0.15) is 0 Å². The molecule has 0 saturated heterocycles. The average molecular weight is 353 g/mol. The van der Waals surface area contributed by atoms with Crippen LogP contribution in [0.5, 0.6) is 0 Å². The quantitative estimate of drug-likeness (QED) is 0.556. The number of likely N-dealkylation sites (N-methyl/N-ethyl adjacent to an activating group) is 1. The van der Waals surface area contributed by atoms with E-state index in [1.807, 2.05) is 6.92 Å². The minimum absolute atomic E-state index is 0.129. The largest absolute Gasteiger partial charge is 0.379 e. The second kappa shape index (κ2) is 8.51. The molecule has 19 heavy (non-hydrogen) atoms. The predicted octanol–water partition coefficient (Wildman–Crippen LogP) is 3.35. The summed E-state index contributed by atoms with van der Waals surface area (Å²) >= 11 is 9.14. The summed E-state index contributed by atoms with van der Waals surface area (Å²) in [7, 11) is 0. The first-order chi connectivity index (χ1) is 9.10. The molecule has 0 unspecified atom stereocenters. The van der Waals surface area contributed by atoms with Gasteiger partial charge >= 0.3 is 0 Å². The normalized spacial score (nSPS) is 10.5. The number of hydrogen-bond acceptors (Lipinski definition) is 2. The summed E-state index contributed by atoms with van der Waals surface area (Å²) in [6, 6.07) is 3.78. The van der Waals surface area contributed by atoms with Gasteiger partial charge in [-0.05, 0) is 25.1 Å². The van der Waals surface area contributed by atoms with Crippen LogP contribution >= 0.6 is 27.5 Å². The molecule has 0 atom stereocenters. The number of ether oxygens (including phenoxy) is 1. The SMILES string of the molecule is CCN(CCOCCBr)C(=O)c1ccc(F)cc1Cl. The summed E-state index contributed by atoms with van der Waals surface area (Å²) in [6.07, 6.45) is 0. The summed E-state index contributed by atoms with van der Waals surface area (Å²) in [4.78, 5) is 13.8. The van der Waals surface area contributed by atoms with Crippen LogP contribution in [0.1, 0.15) is 17.3 Å². The molecule has 0 aliphatic carbocycles. The summed E-state index contributed by atoms with van der Waals surface area (Å²) < 4.78 is 18.3. The van der Waals surface area contributed by atoms with Crippen molar-refractivity contribution in [1.82, 2.24) is 4.90 Å². The highest BCUT2D eigenvalue weighted by Crippen LogP contribution is 2.19. The molecule has 0 aliphatic rings. The Labute approximate surface area is 125 Å². The topological polar surface area (TPSA) is 29.5 Å². The van der Waals surface area contributed by atoms with Crippen molar-refractivity contribution in [2.75, 3.05) is 31.6 Å². The highest BCUT2D eigenvalue weighted by molar-refractivity contribution is 9.09. The highest BCUT2D eigenvalue weighted by Gasteiger charge is 2.17. The maximum absolute atomic E-state index is 12.9. The van der Waals surface area contributed by atoms with Crippen molar-refractivity contribution in [3.05, 3.63) is 34.6 Å². The Kier molecular flexibility index (Phi) is 7.34. The summed E-state index contributed by atoms with van der Waals surface area (Å²) in [6.45, 7) is 3.97. The smallest absolute Gasteiger partial charge is 0.255 e. The summed E-state index contributed by atoms with van der Waals surface area (Å²) in [5.74, 6) is -0.666. The lowest BCUT2D eigenvalue weighted by Gasteiger charge is -2.21. The van der Waals surface area contributed by atoms with Gasteiger partial charge < -0.3 is 9.64 Å². The zero-order chi connectivity index (χ0) is 14.3. The first kappa shape index (κ1) is 16.4. The van der Waals surface area contributed by atoms with Crippen molar-refractivity contribution in [3.63, 3.8) is 0 Å². The molecule has 1 aromatic carbocycles. The van der Waals surface area contributed by atoms with E-state index >= 15 is 0 Å². The van der Waals surface area contributed by atoms with Crippen molar-refractivity contribution in [3.8, 4) is 0 Å². The zero-order valence-electron chi connectivity index (χ0n) is 10.7. The molecule has 0 bridgehead atoms. The van der Waals surface area contributed by atoms with Crippen molar-refractivity contribution >= 4 is 33.4 Å². The number of amides is 1. The number of benzene rings is 1. The van der Waals surface area contributed by atoms with Crippen LogP contribution in [0, 0.1) is 5.82 Å². The third-order valence-electron chi connectivity index (χ3n) is 2.56. The van der Waals surface area contributed by atoms with E-state index in [1.54, 1.807) is 4.90 Å². The van der Waals surface area contributed by atoms with Crippen molar-refractivity contribution in [1.29, 1.82) is 0 Å². The van der Waals surface area contributed by atoms with Gasteiger partial charge in [-0.3, -0.25) is 4.79 Å². The molecule has 0 fully saturated rings. The van der Waals surface area contributed by atoms with E-state index in [-0.39, 0.29) is 10.9 Å². The third-order valence-corrected chi connectivity index (χ3v) is 3.19. The van der Waals surface area contributed by atoms with E-state index in [0.717, 1.165) is 11.4 Å². The van der Waals surface area contributed by atoms with Crippen LogP contribution in [0.3, 0.4) is 0 Å². The Morgan fingerprint density at radius 1 is 1.47 bits per heavy atom. The van der Waals surface area contributed by atoms with Gasteiger partial charge in [-0.15, -0.1) is 0 Å². The second-order valence-corrected chi connectivity index (χ2v) is 5.01. The van der Waals surface area contributed by atoms with Gasteiger partial charge in [-0.1, -0.05) is 27.5 Å². The molecule has 0 heterocycles. The number of rotatable bonds is 7. The maximum atomic E-state index is 12.9. The van der Waals surface area contributed by atoms with Crippen molar-refractivity contribution < 1.29 is 13.9 Å². The highest BCUT2D eigenvalue weighted by atomic mass is 79.9. The van der Waals surface area contributed by atoms with Gasteiger partial charge in [0, 0.05) is 18.4 Å². The van der Waals surface area contributed by atoms with Gasteiger partial charge in [0.25, 0.3) is 5.91 Å². The lowest BCUT2D eigenvalue weighted by molar-refractivity contribution is 0.0672. The lowest BCUT2D eigenvalue weighted by atomic mass is 10.2. The number of hydrogen-bond donors (Lipinski definition) is 0. The number of carbonyl (C=O) groups is 1. The molecule has 0 radical (unpaired) electrons. The molecule has 0 N–H and O–H groups in total. The van der Waals surface area contributed by atoms with Gasteiger partial charge in [-0.25, -0.2) is 4.39 Å². The fourth-order valence-electron chi connectivity index (χ4n) is 1.57. The van der Waals surface area contributed by atoms with Gasteiger partial charge in [0.2, 0.25) is 0 Å². The van der Waals surface area contributed by atoms with Crippen LogP contribution < -0.4 is 0 Å². The minimum Gasteiger partial charge on any atom is -0.379 e. The van der Waals surface area contributed by atoms with Crippen LogP contribution in [0.25, 0.3) is 0 Å².